The maximum atomic E-state index is 6.06. The lowest BCUT2D eigenvalue weighted by molar-refractivity contribution is 0.0997. The Morgan fingerprint density at radius 1 is 0.897 bits per heavy atom. The largest absolute Gasteiger partial charge is 0.486 e. The molecule has 0 amide bonds. The number of hydrogen-bond donors (Lipinski definition) is 1. The maximum Gasteiger partial charge on any atom is 0.162 e. The summed E-state index contributed by atoms with van der Waals surface area (Å²) in [5, 5.41) is 4.44. The molecule has 4 aromatic rings. The van der Waals surface area contributed by atoms with E-state index in [0.29, 0.717) is 19.0 Å². The first-order valence-corrected chi connectivity index (χ1v) is 9.72. The van der Waals surface area contributed by atoms with E-state index in [2.05, 4.69) is 36.5 Å². The molecule has 1 aliphatic rings. The Kier molecular flexibility index (Phi) is 4.48. The van der Waals surface area contributed by atoms with Crippen molar-refractivity contribution in [3.05, 3.63) is 78.4 Å². The van der Waals surface area contributed by atoms with E-state index >= 15 is 0 Å². The van der Waals surface area contributed by atoms with Crippen LogP contribution in [0.2, 0.25) is 0 Å². The average molecular weight is 383 g/mol. The molecule has 0 spiro atoms. The smallest absolute Gasteiger partial charge is 0.162 e. The van der Waals surface area contributed by atoms with Crippen molar-refractivity contribution in [3.63, 3.8) is 0 Å². The molecule has 1 N–H and O–H groups in total. The van der Waals surface area contributed by atoms with Gasteiger partial charge in [0.05, 0.1) is 12.1 Å². The molecule has 0 radical (unpaired) electrons. The first kappa shape index (κ1) is 17.5. The van der Waals surface area contributed by atoms with Gasteiger partial charge in [0.25, 0.3) is 0 Å². The van der Waals surface area contributed by atoms with E-state index in [0.717, 1.165) is 33.8 Å². The zero-order chi connectivity index (χ0) is 19.6. The fraction of sp³-hybridized carbons (Fsp3) is 0.167. The van der Waals surface area contributed by atoms with Crippen molar-refractivity contribution >= 4 is 16.7 Å². The maximum absolute atomic E-state index is 6.06. The van der Waals surface area contributed by atoms with E-state index < -0.39 is 0 Å². The average Bonchev–Trinajstić information content (AvgIpc) is 2.77. The number of para-hydroxylation sites is 3. The lowest BCUT2D eigenvalue weighted by atomic mass is 10.1. The van der Waals surface area contributed by atoms with Crippen LogP contribution in [0.25, 0.3) is 22.3 Å². The van der Waals surface area contributed by atoms with Crippen LogP contribution in [0.5, 0.6) is 11.5 Å². The van der Waals surface area contributed by atoms with E-state index in [9.17, 15) is 0 Å². The second-order valence-corrected chi connectivity index (χ2v) is 7.16. The molecule has 1 aliphatic heterocycles. The summed E-state index contributed by atoms with van der Waals surface area (Å²) in [6.45, 7) is 3.16. The number of benzene rings is 3. The number of anilines is 1. The minimum absolute atomic E-state index is 0.0959. The van der Waals surface area contributed by atoms with Crippen LogP contribution in [0.1, 0.15) is 5.56 Å². The van der Waals surface area contributed by atoms with E-state index in [1.54, 1.807) is 0 Å². The van der Waals surface area contributed by atoms with Crippen molar-refractivity contribution in [2.45, 2.75) is 13.0 Å². The van der Waals surface area contributed by atoms with Gasteiger partial charge in [0.2, 0.25) is 0 Å². The van der Waals surface area contributed by atoms with Gasteiger partial charge in [-0.05, 0) is 31.2 Å². The van der Waals surface area contributed by atoms with Crippen molar-refractivity contribution in [2.75, 3.05) is 18.5 Å². The van der Waals surface area contributed by atoms with Crippen LogP contribution in [0.3, 0.4) is 0 Å². The van der Waals surface area contributed by atoms with Crippen LogP contribution in [-0.4, -0.2) is 29.2 Å². The molecule has 1 unspecified atom stereocenters. The monoisotopic (exact) mass is 383 g/mol. The number of nitrogens with zero attached hydrogens (tertiary/aromatic N) is 2. The van der Waals surface area contributed by atoms with Crippen LogP contribution < -0.4 is 14.8 Å². The highest BCUT2D eigenvalue weighted by molar-refractivity contribution is 5.90. The van der Waals surface area contributed by atoms with Crippen molar-refractivity contribution in [3.8, 4) is 22.9 Å². The van der Waals surface area contributed by atoms with Gasteiger partial charge in [-0.1, -0.05) is 54.1 Å². The van der Waals surface area contributed by atoms with Crippen LogP contribution >= 0.6 is 0 Å². The van der Waals surface area contributed by atoms with Crippen LogP contribution in [0.15, 0.2) is 72.8 Å². The highest BCUT2D eigenvalue weighted by Gasteiger charge is 2.21. The van der Waals surface area contributed by atoms with Gasteiger partial charge in [-0.3, -0.25) is 0 Å². The molecule has 1 atom stereocenters. The zero-order valence-electron chi connectivity index (χ0n) is 16.1. The molecule has 5 heteroatoms. The van der Waals surface area contributed by atoms with Crippen molar-refractivity contribution < 1.29 is 9.47 Å². The highest BCUT2D eigenvalue weighted by Crippen LogP contribution is 2.31. The molecule has 0 saturated carbocycles. The normalized spacial score (nSPS) is 15.3. The molecular formula is C24H21N3O2. The minimum atomic E-state index is -0.0959. The Morgan fingerprint density at radius 2 is 1.66 bits per heavy atom. The SMILES string of the molecule is Cc1ccc(-c2nc(NCC3COc4ccccc4O3)c3ccccc3n2)cc1. The molecular weight excluding hydrogens is 362 g/mol. The van der Waals surface area contributed by atoms with Crippen molar-refractivity contribution in [2.24, 2.45) is 0 Å². The summed E-state index contributed by atoms with van der Waals surface area (Å²) in [5.74, 6) is 3.07. The first-order chi connectivity index (χ1) is 14.3. The minimum Gasteiger partial charge on any atom is -0.486 e. The van der Waals surface area contributed by atoms with E-state index in [1.807, 2.05) is 48.5 Å². The second-order valence-electron chi connectivity index (χ2n) is 7.16. The molecule has 3 aromatic carbocycles. The third-order valence-corrected chi connectivity index (χ3v) is 4.98. The fourth-order valence-corrected chi connectivity index (χ4v) is 3.42. The van der Waals surface area contributed by atoms with Crippen molar-refractivity contribution in [1.82, 2.24) is 9.97 Å². The van der Waals surface area contributed by atoms with E-state index in [4.69, 9.17) is 19.4 Å². The molecule has 0 bridgehead atoms. The lowest BCUT2D eigenvalue weighted by Crippen LogP contribution is -2.35. The molecule has 5 nitrogen and oxygen atoms in total. The number of nitrogens with one attached hydrogen (secondary N) is 1. The fourth-order valence-electron chi connectivity index (χ4n) is 3.42. The summed E-state index contributed by atoms with van der Waals surface area (Å²) >= 11 is 0. The summed E-state index contributed by atoms with van der Waals surface area (Å²) in [6.07, 6.45) is -0.0959. The molecule has 29 heavy (non-hydrogen) atoms. The van der Waals surface area contributed by atoms with Gasteiger partial charge < -0.3 is 14.8 Å². The van der Waals surface area contributed by atoms with Crippen LogP contribution in [-0.2, 0) is 0 Å². The van der Waals surface area contributed by atoms with Gasteiger partial charge in [-0.25, -0.2) is 9.97 Å². The summed E-state index contributed by atoms with van der Waals surface area (Å²) in [6, 6.07) is 24.0. The van der Waals surface area contributed by atoms with Gasteiger partial charge in [0, 0.05) is 10.9 Å². The predicted molar refractivity (Wildman–Crippen MR) is 115 cm³/mol. The zero-order valence-corrected chi connectivity index (χ0v) is 16.1. The summed E-state index contributed by atoms with van der Waals surface area (Å²) in [5.41, 5.74) is 3.12. The van der Waals surface area contributed by atoms with Gasteiger partial charge >= 0.3 is 0 Å². The van der Waals surface area contributed by atoms with E-state index in [1.165, 1.54) is 5.56 Å². The van der Waals surface area contributed by atoms with E-state index in [-0.39, 0.29) is 6.10 Å². The van der Waals surface area contributed by atoms with Crippen LogP contribution in [0.4, 0.5) is 5.82 Å². The Balaban J connectivity index is 1.42. The number of aromatic nitrogens is 2. The summed E-state index contributed by atoms with van der Waals surface area (Å²) < 4.78 is 11.9. The summed E-state index contributed by atoms with van der Waals surface area (Å²) in [7, 11) is 0. The molecule has 5 rings (SSSR count). The molecule has 144 valence electrons. The second kappa shape index (κ2) is 7.43. The quantitative estimate of drug-likeness (QED) is 0.546. The lowest BCUT2D eigenvalue weighted by Gasteiger charge is -2.26. The highest BCUT2D eigenvalue weighted by atomic mass is 16.6. The topological polar surface area (TPSA) is 56.3 Å². The Bertz CT molecular complexity index is 1160. The number of hydrogen-bond acceptors (Lipinski definition) is 5. The third kappa shape index (κ3) is 3.59. The Labute approximate surface area is 169 Å². The Hall–Kier alpha value is -3.60. The number of fused-ring (bicyclic) bond motifs is 2. The molecule has 0 fully saturated rings. The van der Waals surface area contributed by atoms with Crippen LogP contribution in [0, 0.1) is 6.92 Å². The van der Waals surface area contributed by atoms with Gasteiger partial charge in [-0.15, -0.1) is 0 Å². The summed E-state index contributed by atoms with van der Waals surface area (Å²) in [4.78, 5) is 9.56. The molecule has 2 heterocycles. The standard InChI is InChI=1S/C24H21N3O2/c1-16-10-12-17(13-11-16)23-26-20-7-3-2-6-19(20)24(27-23)25-14-18-15-28-21-8-4-5-9-22(21)29-18/h2-13,18H,14-15H2,1H3,(H,25,26,27). The number of rotatable bonds is 4. The first-order valence-electron chi connectivity index (χ1n) is 9.72. The molecule has 0 aliphatic carbocycles. The third-order valence-electron chi connectivity index (χ3n) is 4.98. The van der Waals surface area contributed by atoms with Gasteiger partial charge in [-0.2, -0.15) is 0 Å². The molecule has 0 saturated heterocycles. The number of aryl methyl sites for hydroxylation is 1. The number of ether oxygens (including phenoxy) is 2. The molecule has 1 aromatic heterocycles. The van der Waals surface area contributed by atoms with Gasteiger partial charge in [0.1, 0.15) is 18.5 Å². The van der Waals surface area contributed by atoms with Gasteiger partial charge in [0.15, 0.2) is 17.3 Å². The van der Waals surface area contributed by atoms with Crippen molar-refractivity contribution in [1.29, 1.82) is 0 Å². The predicted octanol–water partition coefficient (Wildman–Crippen LogP) is 4.86. The Morgan fingerprint density at radius 3 is 2.52 bits per heavy atom.